The van der Waals surface area contributed by atoms with Gasteiger partial charge in [-0.2, -0.15) is 0 Å². The smallest absolute Gasteiger partial charge is 0.307 e. The second kappa shape index (κ2) is 9.07. The maximum atomic E-state index is 13.1. The molecule has 0 saturated carbocycles. The van der Waals surface area contributed by atoms with Crippen molar-refractivity contribution in [3.8, 4) is 0 Å². The standard InChI is InChI=1S/C20H22FNO5S/c1-13-9-14(2)20(15(3)10-13)28(25,26)22-8-7-19(24)27-12-18(23)16-5-4-6-17(21)11-16/h4-6,9-11,22H,7-8,12H2,1-3H3. The van der Waals surface area contributed by atoms with Crippen molar-refractivity contribution in [3.05, 3.63) is 64.5 Å². The summed E-state index contributed by atoms with van der Waals surface area (Å²) in [5.41, 5.74) is 2.29. The molecule has 8 heteroatoms. The van der Waals surface area contributed by atoms with Crippen LogP contribution in [0.25, 0.3) is 0 Å². The average molecular weight is 407 g/mol. The summed E-state index contributed by atoms with van der Waals surface area (Å²) in [5, 5.41) is 0. The minimum atomic E-state index is -3.78. The number of Topliss-reactive ketones (excluding diaryl/α,β-unsaturated/α-hetero) is 1. The molecule has 0 unspecified atom stereocenters. The van der Waals surface area contributed by atoms with Crippen molar-refractivity contribution in [1.29, 1.82) is 0 Å². The summed E-state index contributed by atoms with van der Waals surface area (Å²) in [7, 11) is -3.78. The molecule has 28 heavy (non-hydrogen) atoms. The molecule has 150 valence electrons. The maximum Gasteiger partial charge on any atom is 0.307 e. The fraction of sp³-hybridized carbons (Fsp3) is 0.300. The van der Waals surface area contributed by atoms with E-state index in [1.54, 1.807) is 26.0 Å². The van der Waals surface area contributed by atoms with E-state index in [9.17, 15) is 22.4 Å². The minimum absolute atomic E-state index is 0.0961. The molecule has 0 aliphatic heterocycles. The van der Waals surface area contributed by atoms with Gasteiger partial charge in [0, 0.05) is 12.1 Å². The van der Waals surface area contributed by atoms with Gasteiger partial charge in [0.2, 0.25) is 10.0 Å². The van der Waals surface area contributed by atoms with Gasteiger partial charge < -0.3 is 4.74 Å². The Bertz CT molecular complexity index is 978. The summed E-state index contributed by atoms with van der Waals surface area (Å²) in [4.78, 5) is 23.8. The number of aryl methyl sites for hydroxylation is 3. The SMILES string of the molecule is Cc1cc(C)c(S(=O)(=O)NCCC(=O)OCC(=O)c2cccc(F)c2)c(C)c1. The molecule has 2 aromatic rings. The van der Waals surface area contributed by atoms with Crippen LogP contribution in [0.4, 0.5) is 4.39 Å². The first kappa shape index (κ1) is 21.7. The van der Waals surface area contributed by atoms with E-state index in [2.05, 4.69) is 4.72 Å². The summed E-state index contributed by atoms with van der Waals surface area (Å²) < 4.78 is 45.3. The first-order chi connectivity index (χ1) is 13.1. The Morgan fingerprint density at radius 3 is 2.32 bits per heavy atom. The highest BCUT2D eigenvalue weighted by Crippen LogP contribution is 2.21. The highest BCUT2D eigenvalue weighted by Gasteiger charge is 2.20. The van der Waals surface area contributed by atoms with Crippen LogP contribution in [0.3, 0.4) is 0 Å². The summed E-state index contributed by atoms with van der Waals surface area (Å²) in [5.74, 6) is -1.84. The van der Waals surface area contributed by atoms with Crippen LogP contribution in [0.5, 0.6) is 0 Å². The van der Waals surface area contributed by atoms with Gasteiger partial charge >= 0.3 is 5.97 Å². The average Bonchev–Trinajstić information content (AvgIpc) is 2.58. The van der Waals surface area contributed by atoms with E-state index < -0.39 is 34.2 Å². The molecule has 6 nitrogen and oxygen atoms in total. The molecule has 0 radical (unpaired) electrons. The highest BCUT2D eigenvalue weighted by atomic mass is 32.2. The molecule has 0 fully saturated rings. The molecular formula is C20H22FNO5S. The van der Waals surface area contributed by atoms with Gasteiger partial charge in [-0.1, -0.05) is 29.8 Å². The zero-order valence-electron chi connectivity index (χ0n) is 15.9. The molecule has 0 aromatic heterocycles. The molecule has 2 aromatic carbocycles. The third-order valence-corrected chi connectivity index (χ3v) is 5.77. The van der Waals surface area contributed by atoms with Crippen LogP contribution in [0.2, 0.25) is 0 Å². The molecule has 0 aliphatic carbocycles. The Kier molecular flexibility index (Phi) is 7.04. The van der Waals surface area contributed by atoms with Gasteiger partial charge in [0.1, 0.15) is 5.82 Å². The van der Waals surface area contributed by atoms with E-state index in [1.807, 2.05) is 6.92 Å². The molecule has 2 rings (SSSR count). The molecule has 0 atom stereocenters. The molecule has 0 amide bonds. The molecule has 1 N–H and O–H groups in total. The van der Waals surface area contributed by atoms with E-state index in [0.29, 0.717) is 11.1 Å². The maximum absolute atomic E-state index is 13.1. The second-order valence-corrected chi connectivity index (χ2v) is 8.17. The number of ketones is 1. The van der Waals surface area contributed by atoms with Gasteiger partial charge in [-0.25, -0.2) is 17.5 Å². The van der Waals surface area contributed by atoms with E-state index in [4.69, 9.17) is 4.74 Å². The predicted octanol–water partition coefficient (Wildman–Crippen LogP) is 2.85. The first-order valence-electron chi connectivity index (χ1n) is 8.62. The zero-order chi connectivity index (χ0) is 20.9. The zero-order valence-corrected chi connectivity index (χ0v) is 16.7. The quantitative estimate of drug-likeness (QED) is 0.537. The lowest BCUT2D eigenvalue weighted by molar-refractivity contribution is -0.142. The predicted molar refractivity (Wildman–Crippen MR) is 102 cm³/mol. The number of carbonyl (C=O) groups is 2. The van der Waals surface area contributed by atoms with Gasteiger partial charge in [0.25, 0.3) is 0 Å². The third kappa shape index (κ3) is 5.71. The van der Waals surface area contributed by atoms with Crippen LogP contribution in [-0.4, -0.2) is 33.3 Å². The normalized spacial score (nSPS) is 11.3. The Morgan fingerprint density at radius 2 is 1.71 bits per heavy atom. The van der Waals surface area contributed by atoms with Crippen molar-refractivity contribution in [2.45, 2.75) is 32.1 Å². The monoisotopic (exact) mass is 407 g/mol. The molecule has 0 spiro atoms. The molecule has 0 aliphatic rings. The number of ether oxygens (including phenoxy) is 1. The van der Waals surface area contributed by atoms with E-state index >= 15 is 0 Å². The number of sulfonamides is 1. The number of esters is 1. The summed E-state index contributed by atoms with van der Waals surface area (Å²) in [6, 6.07) is 8.60. The lowest BCUT2D eigenvalue weighted by Crippen LogP contribution is -2.28. The molecule has 0 saturated heterocycles. The summed E-state index contributed by atoms with van der Waals surface area (Å²) in [6.45, 7) is 4.60. The second-order valence-electron chi connectivity index (χ2n) is 6.47. The van der Waals surface area contributed by atoms with Gasteiger partial charge in [-0.3, -0.25) is 9.59 Å². The topological polar surface area (TPSA) is 89.5 Å². The number of nitrogens with one attached hydrogen (secondary N) is 1. The fourth-order valence-electron chi connectivity index (χ4n) is 2.91. The van der Waals surface area contributed by atoms with Crippen LogP contribution >= 0.6 is 0 Å². The number of hydrogen-bond donors (Lipinski definition) is 1. The van der Waals surface area contributed by atoms with Crippen molar-refractivity contribution in [2.24, 2.45) is 0 Å². The molecule has 0 heterocycles. The third-order valence-electron chi connectivity index (χ3n) is 4.01. The number of halogens is 1. The molecule has 0 bridgehead atoms. The number of rotatable bonds is 8. The van der Waals surface area contributed by atoms with Gasteiger partial charge in [0.05, 0.1) is 11.3 Å². The van der Waals surface area contributed by atoms with Crippen LogP contribution in [-0.2, 0) is 19.6 Å². The van der Waals surface area contributed by atoms with Crippen molar-refractivity contribution in [3.63, 3.8) is 0 Å². The Balaban J connectivity index is 1.87. The van der Waals surface area contributed by atoms with Crippen LogP contribution in [0, 0.1) is 26.6 Å². The van der Waals surface area contributed by atoms with Gasteiger partial charge in [-0.05, 0) is 44.0 Å². The van der Waals surface area contributed by atoms with E-state index in [0.717, 1.165) is 11.6 Å². The Hall–Kier alpha value is -2.58. The van der Waals surface area contributed by atoms with E-state index in [-0.39, 0.29) is 23.4 Å². The van der Waals surface area contributed by atoms with E-state index in [1.165, 1.54) is 18.2 Å². The van der Waals surface area contributed by atoms with Crippen LogP contribution in [0.1, 0.15) is 33.5 Å². The lowest BCUT2D eigenvalue weighted by Gasteiger charge is -2.13. The van der Waals surface area contributed by atoms with Crippen LogP contribution in [0.15, 0.2) is 41.3 Å². The van der Waals surface area contributed by atoms with Crippen molar-refractivity contribution >= 4 is 21.8 Å². The number of carbonyl (C=O) groups excluding carboxylic acids is 2. The highest BCUT2D eigenvalue weighted by molar-refractivity contribution is 7.89. The Morgan fingerprint density at radius 1 is 1.07 bits per heavy atom. The lowest BCUT2D eigenvalue weighted by atomic mass is 10.1. The number of benzene rings is 2. The minimum Gasteiger partial charge on any atom is -0.457 e. The first-order valence-corrected chi connectivity index (χ1v) is 10.1. The van der Waals surface area contributed by atoms with Crippen LogP contribution < -0.4 is 4.72 Å². The van der Waals surface area contributed by atoms with Crippen molar-refractivity contribution in [2.75, 3.05) is 13.2 Å². The van der Waals surface area contributed by atoms with Crippen molar-refractivity contribution in [1.82, 2.24) is 4.72 Å². The number of hydrogen-bond acceptors (Lipinski definition) is 5. The fourth-order valence-corrected chi connectivity index (χ4v) is 4.39. The summed E-state index contributed by atoms with van der Waals surface area (Å²) >= 11 is 0. The Labute approximate surface area is 163 Å². The van der Waals surface area contributed by atoms with Gasteiger partial charge in [0.15, 0.2) is 12.4 Å². The largest absolute Gasteiger partial charge is 0.457 e. The van der Waals surface area contributed by atoms with Gasteiger partial charge in [-0.15, -0.1) is 0 Å². The summed E-state index contributed by atoms with van der Waals surface area (Å²) in [6.07, 6.45) is -0.236. The van der Waals surface area contributed by atoms with Crippen molar-refractivity contribution < 1.29 is 27.1 Å². The molecular weight excluding hydrogens is 385 g/mol.